The zero-order valence-electron chi connectivity index (χ0n) is 21.0. The monoisotopic (exact) mass is 527 g/mol. The Morgan fingerprint density at radius 1 is 1.15 bits per heavy atom. The number of aliphatic carboxylic acids is 1. The Balaban J connectivity index is 1.48. The SMILES string of the molecule is COc1ccc(C2=CC=CC(N3CNCc4cnc(N(C(=O)OCC(=O)O)c5ccccc5)nc43)C2=O)cc1. The van der Waals surface area contributed by atoms with Gasteiger partial charge in [-0.05, 0) is 29.8 Å². The maximum atomic E-state index is 13.7. The first kappa shape index (κ1) is 25.6. The number of Topliss-reactive ketones (excluding diaryl/α,β-unsaturated/α-hetero) is 1. The number of amides is 1. The van der Waals surface area contributed by atoms with Crippen LogP contribution < -0.4 is 19.9 Å². The van der Waals surface area contributed by atoms with Crippen molar-refractivity contribution in [1.29, 1.82) is 0 Å². The van der Waals surface area contributed by atoms with Gasteiger partial charge in [0.15, 0.2) is 12.4 Å². The third-order valence-corrected chi connectivity index (χ3v) is 6.24. The zero-order valence-corrected chi connectivity index (χ0v) is 21.0. The summed E-state index contributed by atoms with van der Waals surface area (Å²) in [5.41, 5.74) is 2.44. The maximum Gasteiger partial charge on any atom is 0.421 e. The molecule has 2 N–H and O–H groups in total. The molecule has 2 aromatic carbocycles. The lowest BCUT2D eigenvalue weighted by atomic mass is 9.92. The van der Waals surface area contributed by atoms with Crippen molar-refractivity contribution in [3.05, 3.63) is 90.1 Å². The lowest BCUT2D eigenvalue weighted by molar-refractivity contribution is -0.140. The van der Waals surface area contributed by atoms with E-state index in [9.17, 15) is 14.4 Å². The third-order valence-electron chi connectivity index (χ3n) is 6.24. The number of fused-ring (bicyclic) bond motifs is 1. The molecule has 3 aromatic rings. The summed E-state index contributed by atoms with van der Waals surface area (Å²) in [6.07, 6.45) is 6.04. The number of allylic oxidation sites excluding steroid dienone is 2. The first-order valence-electron chi connectivity index (χ1n) is 12.1. The average Bonchev–Trinajstić information content (AvgIpc) is 2.97. The Morgan fingerprint density at radius 3 is 2.64 bits per heavy atom. The molecule has 2 heterocycles. The molecule has 0 spiro atoms. The molecule has 0 radical (unpaired) electrons. The molecule has 1 aliphatic carbocycles. The van der Waals surface area contributed by atoms with Gasteiger partial charge in [0.05, 0.1) is 19.5 Å². The van der Waals surface area contributed by atoms with Crippen LogP contribution >= 0.6 is 0 Å². The highest BCUT2D eigenvalue weighted by atomic mass is 16.6. The van der Waals surface area contributed by atoms with Crippen molar-refractivity contribution in [2.75, 3.05) is 30.2 Å². The number of nitrogens with one attached hydrogen (secondary N) is 1. The number of benzene rings is 2. The summed E-state index contributed by atoms with van der Waals surface area (Å²) in [5, 5.41) is 12.3. The average molecular weight is 528 g/mol. The molecule has 39 heavy (non-hydrogen) atoms. The quantitative estimate of drug-likeness (QED) is 0.471. The second kappa shape index (κ2) is 11.2. The van der Waals surface area contributed by atoms with Crippen molar-refractivity contribution < 1.29 is 29.0 Å². The summed E-state index contributed by atoms with van der Waals surface area (Å²) in [6.45, 7) is -0.0212. The number of ether oxygens (including phenoxy) is 2. The smallest absolute Gasteiger partial charge is 0.421 e. The summed E-state index contributed by atoms with van der Waals surface area (Å²) >= 11 is 0. The minimum absolute atomic E-state index is 0.0135. The molecule has 1 aromatic heterocycles. The fourth-order valence-electron chi connectivity index (χ4n) is 4.39. The van der Waals surface area contributed by atoms with Gasteiger partial charge in [-0.1, -0.05) is 48.6 Å². The van der Waals surface area contributed by atoms with Crippen LogP contribution in [0.4, 0.5) is 22.2 Å². The van der Waals surface area contributed by atoms with Crippen LogP contribution in [0.3, 0.4) is 0 Å². The Bertz CT molecular complexity index is 1460. The number of aromatic nitrogens is 2. The molecule has 1 aliphatic heterocycles. The molecule has 1 atom stereocenters. The van der Waals surface area contributed by atoms with Gasteiger partial charge in [0, 0.05) is 23.9 Å². The number of carbonyl (C=O) groups is 3. The molecule has 0 bridgehead atoms. The van der Waals surface area contributed by atoms with E-state index in [-0.39, 0.29) is 11.7 Å². The van der Waals surface area contributed by atoms with Gasteiger partial charge in [-0.15, -0.1) is 0 Å². The van der Waals surface area contributed by atoms with E-state index in [1.165, 1.54) is 0 Å². The first-order valence-corrected chi connectivity index (χ1v) is 12.1. The number of rotatable bonds is 7. The van der Waals surface area contributed by atoms with Gasteiger partial charge in [0.2, 0.25) is 5.95 Å². The number of nitrogens with zero attached hydrogens (tertiary/aromatic N) is 4. The predicted octanol–water partition coefficient (Wildman–Crippen LogP) is 3.30. The number of anilines is 3. The highest BCUT2D eigenvalue weighted by Gasteiger charge is 2.34. The van der Waals surface area contributed by atoms with Crippen LogP contribution in [-0.2, 0) is 20.9 Å². The van der Waals surface area contributed by atoms with Gasteiger partial charge in [0.1, 0.15) is 17.6 Å². The molecular formula is C28H25N5O6. The molecule has 5 rings (SSSR count). The molecule has 11 heteroatoms. The summed E-state index contributed by atoms with van der Waals surface area (Å²) in [5.74, 6) is -0.246. The van der Waals surface area contributed by atoms with Gasteiger partial charge < -0.3 is 19.5 Å². The van der Waals surface area contributed by atoms with Gasteiger partial charge in [-0.3, -0.25) is 10.1 Å². The third kappa shape index (κ3) is 5.34. The lowest BCUT2D eigenvalue weighted by Gasteiger charge is -2.36. The maximum absolute atomic E-state index is 13.7. The van der Waals surface area contributed by atoms with Gasteiger partial charge >= 0.3 is 12.1 Å². The number of ketones is 1. The Morgan fingerprint density at radius 2 is 1.92 bits per heavy atom. The lowest BCUT2D eigenvalue weighted by Crippen LogP contribution is -2.49. The largest absolute Gasteiger partial charge is 0.497 e. The fraction of sp³-hybridized carbons (Fsp3) is 0.179. The molecule has 1 unspecified atom stereocenters. The highest BCUT2D eigenvalue weighted by Crippen LogP contribution is 2.32. The van der Waals surface area contributed by atoms with Crippen molar-refractivity contribution in [3.8, 4) is 5.75 Å². The van der Waals surface area contributed by atoms with Crippen LogP contribution in [0.15, 0.2) is 79.0 Å². The van der Waals surface area contributed by atoms with Crippen LogP contribution in [0.1, 0.15) is 11.1 Å². The van der Waals surface area contributed by atoms with Crippen molar-refractivity contribution in [1.82, 2.24) is 15.3 Å². The van der Waals surface area contributed by atoms with Crippen LogP contribution in [0.2, 0.25) is 0 Å². The van der Waals surface area contributed by atoms with Crippen molar-refractivity contribution in [3.63, 3.8) is 0 Å². The van der Waals surface area contributed by atoms with E-state index in [4.69, 9.17) is 14.6 Å². The molecule has 2 aliphatic rings. The Hall–Kier alpha value is -5.03. The zero-order chi connectivity index (χ0) is 27.4. The van der Waals surface area contributed by atoms with Crippen molar-refractivity contribution in [2.45, 2.75) is 12.6 Å². The summed E-state index contributed by atoms with van der Waals surface area (Å²) in [4.78, 5) is 49.6. The normalized spacial score (nSPS) is 16.2. The van der Waals surface area contributed by atoms with E-state index < -0.39 is 24.7 Å². The molecule has 0 saturated carbocycles. The van der Waals surface area contributed by atoms with E-state index in [2.05, 4.69) is 15.3 Å². The molecular weight excluding hydrogens is 502 g/mol. The summed E-state index contributed by atoms with van der Waals surface area (Å²) in [7, 11) is 1.58. The Kier molecular flexibility index (Phi) is 7.32. The number of hydrogen-bond donors (Lipinski definition) is 2. The van der Waals surface area contributed by atoms with Crippen molar-refractivity contribution >= 4 is 40.9 Å². The number of methoxy groups -OCH3 is 1. The van der Waals surface area contributed by atoms with Crippen LogP contribution in [0.5, 0.6) is 5.75 Å². The summed E-state index contributed by atoms with van der Waals surface area (Å²) < 4.78 is 10.2. The molecule has 0 saturated heterocycles. The van der Waals surface area contributed by atoms with Gasteiger partial charge in [0.25, 0.3) is 0 Å². The summed E-state index contributed by atoms with van der Waals surface area (Å²) in [6, 6.07) is 15.1. The fourth-order valence-corrected chi connectivity index (χ4v) is 4.39. The van der Waals surface area contributed by atoms with E-state index >= 15 is 0 Å². The minimum Gasteiger partial charge on any atom is -0.497 e. The number of carboxylic acids is 1. The first-order chi connectivity index (χ1) is 19.0. The standard InChI is InChI=1S/C28H25N5O6/c1-38-21-12-10-18(11-13-21)22-8-5-9-23(25(22)36)32-17-29-14-19-15-30-27(31-26(19)32)33(20-6-3-2-4-7-20)28(37)39-16-24(34)35/h2-13,15,23,29H,14,16-17H2,1H3,(H,34,35). The van der Waals surface area contributed by atoms with Gasteiger partial charge in [-0.2, -0.15) is 4.98 Å². The topological polar surface area (TPSA) is 134 Å². The minimum atomic E-state index is -1.29. The Labute approximate surface area is 224 Å². The molecule has 198 valence electrons. The number of carboxylic acid groups (broad SMARTS) is 1. The van der Waals surface area contributed by atoms with Gasteiger partial charge in [-0.25, -0.2) is 19.5 Å². The van der Waals surface area contributed by atoms with E-state index in [1.807, 2.05) is 23.1 Å². The molecule has 11 nitrogen and oxygen atoms in total. The van der Waals surface area contributed by atoms with Crippen LogP contribution in [0, 0.1) is 0 Å². The van der Waals surface area contributed by atoms with Crippen LogP contribution in [0.25, 0.3) is 5.57 Å². The van der Waals surface area contributed by atoms with E-state index in [0.29, 0.717) is 36.0 Å². The van der Waals surface area contributed by atoms with Crippen LogP contribution in [-0.4, -0.2) is 59.3 Å². The number of para-hydroxylation sites is 1. The van der Waals surface area contributed by atoms with E-state index in [0.717, 1.165) is 16.0 Å². The second-order valence-electron chi connectivity index (χ2n) is 8.70. The molecule has 0 fully saturated rings. The number of carbonyl (C=O) groups excluding carboxylic acids is 2. The van der Waals surface area contributed by atoms with Crippen molar-refractivity contribution in [2.24, 2.45) is 0 Å². The molecule has 1 amide bonds. The predicted molar refractivity (Wildman–Crippen MR) is 143 cm³/mol. The highest BCUT2D eigenvalue weighted by molar-refractivity contribution is 6.26. The van der Waals surface area contributed by atoms with E-state index in [1.54, 1.807) is 67.9 Å². The number of hydrogen-bond acceptors (Lipinski definition) is 9. The second-order valence-corrected chi connectivity index (χ2v) is 8.70.